The molecule has 0 aliphatic carbocycles. The van der Waals surface area contributed by atoms with Gasteiger partial charge in [-0.15, -0.1) is 0 Å². The van der Waals surface area contributed by atoms with Gasteiger partial charge in [-0.3, -0.25) is 0 Å². The van der Waals surface area contributed by atoms with Crippen LogP contribution in [0.5, 0.6) is 0 Å². The van der Waals surface area contributed by atoms with Crippen molar-refractivity contribution in [2.75, 3.05) is 0 Å². The van der Waals surface area contributed by atoms with Crippen LogP contribution in [0.15, 0.2) is 104 Å². The van der Waals surface area contributed by atoms with Crippen molar-refractivity contribution in [2.45, 2.75) is 6.04 Å². The van der Waals surface area contributed by atoms with Gasteiger partial charge in [-0.25, -0.2) is 4.98 Å². The van der Waals surface area contributed by atoms with Crippen LogP contribution in [0.4, 0.5) is 0 Å². The Morgan fingerprint density at radius 2 is 1.50 bits per heavy atom. The summed E-state index contributed by atoms with van der Waals surface area (Å²) >= 11 is 0. The van der Waals surface area contributed by atoms with Crippen molar-refractivity contribution in [1.29, 1.82) is 0 Å². The van der Waals surface area contributed by atoms with Gasteiger partial charge in [-0.1, -0.05) is 84.8 Å². The molecule has 0 fully saturated rings. The summed E-state index contributed by atoms with van der Waals surface area (Å²) in [6.07, 6.45) is 4.94. The van der Waals surface area contributed by atoms with Crippen molar-refractivity contribution in [3.63, 3.8) is 0 Å². The standard InChI is InChI=1S/C22H18N2/c1-3-7-18(8-4-1)19-11-13-21(14-12-19)22(24-16-15-23-17-24)20-9-5-2-6-10-20/h1-17,22H/i2D,5D,6D,9D,10D. The van der Waals surface area contributed by atoms with Gasteiger partial charge >= 0.3 is 0 Å². The molecule has 0 bridgehead atoms. The third kappa shape index (κ3) is 2.86. The molecule has 0 saturated heterocycles. The summed E-state index contributed by atoms with van der Waals surface area (Å²) in [4.78, 5) is 4.09. The van der Waals surface area contributed by atoms with Crippen molar-refractivity contribution in [3.05, 3.63) is 115 Å². The summed E-state index contributed by atoms with van der Waals surface area (Å²) in [5.41, 5.74) is 3.16. The summed E-state index contributed by atoms with van der Waals surface area (Å²) in [6.45, 7) is 0. The lowest BCUT2D eigenvalue weighted by atomic mass is 9.96. The molecule has 0 radical (unpaired) electrons. The number of rotatable bonds is 4. The first-order chi connectivity index (χ1) is 14.0. The van der Waals surface area contributed by atoms with E-state index in [2.05, 4.69) is 4.98 Å². The first-order valence-electron chi connectivity index (χ1n) is 10.2. The molecule has 1 atom stereocenters. The second kappa shape index (κ2) is 6.55. The first kappa shape index (κ1) is 9.89. The molecule has 24 heavy (non-hydrogen) atoms. The van der Waals surface area contributed by atoms with Crippen LogP contribution in [0.3, 0.4) is 0 Å². The Labute approximate surface area is 149 Å². The highest BCUT2D eigenvalue weighted by Gasteiger charge is 2.15. The van der Waals surface area contributed by atoms with Gasteiger partial charge in [0.2, 0.25) is 0 Å². The Bertz CT molecular complexity index is 1110. The molecule has 1 heterocycles. The molecule has 1 unspecified atom stereocenters. The summed E-state index contributed by atoms with van der Waals surface area (Å²) in [5, 5.41) is 0. The molecule has 2 heteroatoms. The van der Waals surface area contributed by atoms with E-state index in [1.165, 1.54) is 0 Å². The maximum Gasteiger partial charge on any atom is 0.0954 e. The fourth-order valence-electron chi connectivity index (χ4n) is 2.79. The lowest BCUT2D eigenvalue weighted by molar-refractivity contribution is 0.677. The average molecular weight is 315 g/mol. The Morgan fingerprint density at radius 1 is 0.792 bits per heavy atom. The normalized spacial score (nSPS) is 14.9. The lowest BCUT2D eigenvalue weighted by Crippen LogP contribution is -2.10. The molecule has 0 saturated carbocycles. The Hall–Kier alpha value is -3.13. The van der Waals surface area contributed by atoms with Crippen LogP contribution < -0.4 is 0 Å². The van der Waals surface area contributed by atoms with Crippen LogP contribution in [-0.2, 0) is 0 Å². The largest absolute Gasteiger partial charge is 0.326 e. The molecular formula is C22H18N2. The van der Waals surface area contributed by atoms with E-state index in [1.807, 2.05) is 54.6 Å². The molecule has 1 aromatic heterocycles. The zero-order valence-corrected chi connectivity index (χ0v) is 12.9. The third-order valence-corrected chi connectivity index (χ3v) is 3.95. The molecule has 116 valence electrons. The van der Waals surface area contributed by atoms with Gasteiger partial charge in [-0.05, 0) is 22.3 Å². The molecule has 0 aliphatic rings. The van der Waals surface area contributed by atoms with Crippen molar-refractivity contribution < 1.29 is 6.85 Å². The SMILES string of the molecule is [2H]c1c([2H])c([2H])c(C(c2ccc(-c3ccccc3)cc2)n2ccnc2)c([2H])c1[2H]. The van der Waals surface area contributed by atoms with Crippen LogP contribution in [0.2, 0.25) is 0 Å². The molecule has 0 spiro atoms. The highest BCUT2D eigenvalue weighted by molar-refractivity contribution is 5.63. The van der Waals surface area contributed by atoms with Gasteiger partial charge in [0.05, 0.1) is 19.2 Å². The third-order valence-electron chi connectivity index (χ3n) is 3.95. The Balaban J connectivity index is 1.88. The number of aromatic nitrogens is 2. The number of nitrogens with zero attached hydrogens (tertiary/aromatic N) is 2. The van der Waals surface area contributed by atoms with Gasteiger partial charge in [0.1, 0.15) is 0 Å². The first-order valence-corrected chi connectivity index (χ1v) is 7.68. The zero-order chi connectivity index (χ0) is 20.5. The zero-order valence-electron chi connectivity index (χ0n) is 17.9. The minimum Gasteiger partial charge on any atom is -0.326 e. The highest BCUT2D eigenvalue weighted by atomic mass is 15.0. The molecule has 4 rings (SSSR count). The molecular weight excluding hydrogens is 292 g/mol. The number of imidazole rings is 1. The molecule has 0 amide bonds. The van der Waals surface area contributed by atoms with E-state index < -0.39 is 12.1 Å². The quantitative estimate of drug-likeness (QED) is 0.507. The molecule has 3 aromatic carbocycles. The molecule has 2 nitrogen and oxygen atoms in total. The maximum atomic E-state index is 8.39. The van der Waals surface area contributed by atoms with Crippen LogP contribution >= 0.6 is 0 Å². The van der Waals surface area contributed by atoms with E-state index in [1.54, 1.807) is 23.3 Å². The van der Waals surface area contributed by atoms with Crippen molar-refractivity contribution >= 4 is 0 Å². The van der Waals surface area contributed by atoms with Crippen molar-refractivity contribution in [3.8, 4) is 11.1 Å². The fourth-order valence-corrected chi connectivity index (χ4v) is 2.79. The molecule has 4 aromatic rings. The maximum absolute atomic E-state index is 8.39. The summed E-state index contributed by atoms with van der Waals surface area (Å²) < 4.78 is 42.5. The molecule has 0 aliphatic heterocycles. The van der Waals surface area contributed by atoms with E-state index >= 15 is 0 Å². The van der Waals surface area contributed by atoms with Crippen LogP contribution in [0, 0.1) is 0 Å². The number of hydrogen-bond acceptors (Lipinski definition) is 1. The summed E-state index contributed by atoms with van der Waals surface area (Å²) in [6, 6.07) is 15.7. The van der Waals surface area contributed by atoms with E-state index in [0.717, 1.165) is 16.7 Å². The monoisotopic (exact) mass is 315 g/mol. The van der Waals surface area contributed by atoms with Crippen LogP contribution in [0.25, 0.3) is 11.1 Å². The summed E-state index contributed by atoms with van der Waals surface area (Å²) in [5.74, 6) is 0. The van der Waals surface area contributed by atoms with Crippen LogP contribution in [0.1, 0.15) is 24.0 Å². The molecule has 0 N–H and O–H groups in total. The smallest absolute Gasteiger partial charge is 0.0954 e. The van der Waals surface area contributed by atoms with Crippen molar-refractivity contribution in [2.24, 2.45) is 0 Å². The number of hydrogen-bond donors (Lipinski definition) is 0. The predicted molar refractivity (Wildman–Crippen MR) is 97.8 cm³/mol. The van der Waals surface area contributed by atoms with Crippen molar-refractivity contribution in [1.82, 2.24) is 9.55 Å². The van der Waals surface area contributed by atoms with Gasteiger partial charge < -0.3 is 4.57 Å². The van der Waals surface area contributed by atoms with Gasteiger partial charge in [0.15, 0.2) is 0 Å². The fraction of sp³-hybridized carbons (Fsp3) is 0.0455. The van der Waals surface area contributed by atoms with Gasteiger partial charge in [-0.2, -0.15) is 0 Å². The minimum atomic E-state index is -0.587. The van der Waals surface area contributed by atoms with E-state index in [-0.39, 0.29) is 29.7 Å². The Kier molecular flexibility index (Phi) is 2.70. The predicted octanol–water partition coefficient (Wildman–Crippen LogP) is 5.19. The minimum absolute atomic E-state index is 0.207. The Morgan fingerprint density at radius 3 is 2.17 bits per heavy atom. The highest BCUT2D eigenvalue weighted by Crippen LogP contribution is 2.28. The van der Waals surface area contributed by atoms with E-state index in [4.69, 9.17) is 6.85 Å². The van der Waals surface area contributed by atoms with Gasteiger partial charge in [0, 0.05) is 12.4 Å². The van der Waals surface area contributed by atoms with Crippen LogP contribution in [-0.4, -0.2) is 9.55 Å². The second-order valence-electron chi connectivity index (χ2n) is 5.44. The van der Waals surface area contributed by atoms with Gasteiger partial charge in [0.25, 0.3) is 0 Å². The second-order valence-corrected chi connectivity index (χ2v) is 5.44. The topological polar surface area (TPSA) is 17.8 Å². The van der Waals surface area contributed by atoms with E-state index in [9.17, 15) is 0 Å². The average Bonchev–Trinajstić information content (AvgIpc) is 3.29. The van der Waals surface area contributed by atoms with E-state index in [0.29, 0.717) is 0 Å². The lowest BCUT2D eigenvalue weighted by Gasteiger charge is -2.20. The summed E-state index contributed by atoms with van der Waals surface area (Å²) in [7, 11) is 0. The number of benzene rings is 3.